The normalized spacial score (nSPS) is 11.0. The summed E-state index contributed by atoms with van der Waals surface area (Å²) >= 11 is 1.15. The molecule has 0 saturated carbocycles. The van der Waals surface area contributed by atoms with Gasteiger partial charge in [-0.25, -0.2) is 9.78 Å². The number of nitrogens with zero attached hydrogens (tertiary/aromatic N) is 2. The molecule has 0 fully saturated rings. The van der Waals surface area contributed by atoms with Gasteiger partial charge in [0, 0.05) is 17.5 Å². The second-order valence-electron chi connectivity index (χ2n) is 4.15. The van der Waals surface area contributed by atoms with Crippen LogP contribution in [0.3, 0.4) is 0 Å². The number of carboxylic acid groups (broad SMARTS) is 1. The summed E-state index contributed by atoms with van der Waals surface area (Å²) in [6.45, 7) is 1.76. The van der Waals surface area contributed by atoms with Crippen molar-refractivity contribution in [1.82, 2.24) is 9.38 Å². The highest BCUT2D eigenvalue weighted by molar-refractivity contribution is 7.19. The number of phenols is 1. The van der Waals surface area contributed by atoms with Crippen LogP contribution in [0.1, 0.15) is 15.4 Å². The zero-order valence-electron chi connectivity index (χ0n) is 9.99. The largest absolute Gasteiger partial charge is 0.508 e. The summed E-state index contributed by atoms with van der Waals surface area (Å²) in [5, 5.41) is 18.3. The van der Waals surface area contributed by atoms with Crippen LogP contribution in [-0.4, -0.2) is 25.6 Å². The molecule has 0 bridgehead atoms. The van der Waals surface area contributed by atoms with Crippen LogP contribution in [0.25, 0.3) is 16.2 Å². The number of rotatable bonds is 2. The van der Waals surface area contributed by atoms with Crippen LogP contribution in [0.15, 0.2) is 30.5 Å². The fraction of sp³-hybridized carbons (Fsp3) is 0.0769. The lowest BCUT2D eigenvalue weighted by atomic mass is 10.2. The van der Waals surface area contributed by atoms with E-state index in [2.05, 4.69) is 4.98 Å². The van der Waals surface area contributed by atoms with Gasteiger partial charge in [0.15, 0.2) is 4.96 Å². The number of aromatic nitrogens is 2. The molecule has 0 radical (unpaired) electrons. The maximum absolute atomic E-state index is 11.0. The standard InChI is InChI=1S/C13H10N2O3S/c1-7-11(12(17)18)19-13-14-10(6-15(7)13)8-2-4-9(16)5-3-8/h2-6,16H,1H3,(H,17,18). The van der Waals surface area contributed by atoms with Gasteiger partial charge in [0.1, 0.15) is 10.6 Å². The highest BCUT2D eigenvalue weighted by Gasteiger charge is 2.16. The van der Waals surface area contributed by atoms with E-state index in [9.17, 15) is 9.90 Å². The van der Waals surface area contributed by atoms with Crippen molar-refractivity contribution >= 4 is 22.3 Å². The van der Waals surface area contributed by atoms with E-state index >= 15 is 0 Å². The first-order chi connectivity index (χ1) is 9.06. The highest BCUT2D eigenvalue weighted by atomic mass is 32.1. The van der Waals surface area contributed by atoms with Crippen LogP contribution in [0.5, 0.6) is 5.75 Å². The molecular formula is C13H10N2O3S. The minimum absolute atomic E-state index is 0.203. The molecule has 2 heterocycles. The zero-order valence-corrected chi connectivity index (χ0v) is 10.8. The molecule has 19 heavy (non-hydrogen) atoms. The van der Waals surface area contributed by atoms with Crippen LogP contribution in [0.2, 0.25) is 0 Å². The van der Waals surface area contributed by atoms with Crippen molar-refractivity contribution in [2.24, 2.45) is 0 Å². The van der Waals surface area contributed by atoms with Crippen LogP contribution in [0, 0.1) is 6.92 Å². The minimum Gasteiger partial charge on any atom is -0.508 e. The molecule has 0 atom stereocenters. The van der Waals surface area contributed by atoms with Crippen LogP contribution >= 0.6 is 11.3 Å². The van der Waals surface area contributed by atoms with E-state index in [0.29, 0.717) is 15.5 Å². The summed E-state index contributed by atoms with van der Waals surface area (Å²) < 4.78 is 1.77. The Morgan fingerprint density at radius 3 is 2.58 bits per heavy atom. The summed E-state index contributed by atoms with van der Waals surface area (Å²) in [6.07, 6.45) is 1.81. The predicted molar refractivity (Wildman–Crippen MR) is 71.9 cm³/mol. The molecule has 0 aliphatic rings. The van der Waals surface area contributed by atoms with Crippen LogP contribution in [0.4, 0.5) is 0 Å². The summed E-state index contributed by atoms with van der Waals surface area (Å²) in [4.78, 5) is 16.4. The number of phenolic OH excluding ortho intramolecular Hbond substituents is 1. The Hall–Kier alpha value is -2.34. The van der Waals surface area contributed by atoms with Gasteiger partial charge >= 0.3 is 5.97 Å². The smallest absolute Gasteiger partial charge is 0.347 e. The molecule has 0 amide bonds. The van der Waals surface area contributed by atoms with Gasteiger partial charge in [-0.2, -0.15) is 0 Å². The molecule has 2 N–H and O–H groups in total. The zero-order chi connectivity index (χ0) is 13.6. The summed E-state index contributed by atoms with van der Waals surface area (Å²) in [7, 11) is 0. The second kappa shape index (κ2) is 4.10. The molecule has 1 aromatic carbocycles. The molecule has 0 spiro atoms. The van der Waals surface area contributed by atoms with Gasteiger partial charge in [0.2, 0.25) is 0 Å². The Kier molecular flexibility index (Phi) is 2.53. The molecule has 5 nitrogen and oxygen atoms in total. The van der Waals surface area contributed by atoms with Gasteiger partial charge in [-0.1, -0.05) is 11.3 Å². The number of imidazole rings is 1. The highest BCUT2D eigenvalue weighted by Crippen LogP contribution is 2.27. The van der Waals surface area contributed by atoms with Crippen molar-refractivity contribution in [3.8, 4) is 17.0 Å². The molecule has 0 unspecified atom stereocenters. The lowest BCUT2D eigenvalue weighted by molar-refractivity contribution is 0.0701. The molecule has 2 aromatic heterocycles. The third kappa shape index (κ3) is 1.86. The van der Waals surface area contributed by atoms with Crippen LogP contribution in [-0.2, 0) is 0 Å². The van der Waals surface area contributed by atoms with Crippen molar-refractivity contribution in [2.45, 2.75) is 6.92 Å². The van der Waals surface area contributed by atoms with Crippen LogP contribution < -0.4 is 0 Å². The first-order valence-electron chi connectivity index (χ1n) is 5.57. The Labute approximate surface area is 112 Å². The van der Waals surface area contributed by atoms with Gasteiger partial charge < -0.3 is 10.2 Å². The molecule has 3 aromatic rings. The average molecular weight is 274 g/mol. The van der Waals surface area contributed by atoms with Gasteiger partial charge in [0.05, 0.1) is 5.69 Å². The molecule has 0 saturated heterocycles. The number of benzene rings is 1. The Balaban J connectivity index is 2.13. The Morgan fingerprint density at radius 1 is 1.32 bits per heavy atom. The number of carbonyl (C=O) groups is 1. The number of aryl methyl sites for hydroxylation is 1. The van der Waals surface area contributed by atoms with E-state index in [1.54, 1.807) is 41.8 Å². The maximum Gasteiger partial charge on any atom is 0.347 e. The van der Waals surface area contributed by atoms with E-state index in [0.717, 1.165) is 22.6 Å². The molecule has 0 aliphatic heterocycles. The van der Waals surface area contributed by atoms with Gasteiger partial charge in [-0.15, -0.1) is 0 Å². The number of aromatic carboxylic acids is 1. The minimum atomic E-state index is -0.931. The molecule has 6 heteroatoms. The maximum atomic E-state index is 11.0. The van der Waals surface area contributed by atoms with Gasteiger partial charge in [-0.05, 0) is 31.2 Å². The van der Waals surface area contributed by atoms with Crippen molar-refractivity contribution < 1.29 is 15.0 Å². The first-order valence-corrected chi connectivity index (χ1v) is 6.39. The quantitative estimate of drug-likeness (QED) is 0.753. The molecule has 3 rings (SSSR count). The van der Waals surface area contributed by atoms with Gasteiger partial charge in [0.25, 0.3) is 0 Å². The fourth-order valence-electron chi connectivity index (χ4n) is 1.92. The SMILES string of the molecule is Cc1c(C(=O)O)sc2nc(-c3ccc(O)cc3)cn12. The van der Waals surface area contributed by atoms with Gasteiger partial charge in [-0.3, -0.25) is 4.40 Å². The van der Waals surface area contributed by atoms with E-state index in [-0.39, 0.29) is 5.75 Å². The average Bonchev–Trinajstić information content (AvgIpc) is 2.90. The Bertz CT molecular complexity index is 771. The third-order valence-corrected chi connectivity index (χ3v) is 4.06. The number of aromatic hydroxyl groups is 1. The first kappa shape index (κ1) is 11.7. The van der Waals surface area contributed by atoms with E-state index in [1.807, 2.05) is 0 Å². The lowest BCUT2D eigenvalue weighted by Crippen LogP contribution is -1.96. The lowest BCUT2D eigenvalue weighted by Gasteiger charge is -1.96. The summed E-state index contributed by atoms with van der Waals surface area (Å²) in [5.41, 5.74) is 2.31. The number of fused-ring (bicyclic) bond motifs is 1. The topological polar surface area (TPSA) is 74.8 Å². The molecular weight excluding hydrogens is 264 g/mol. The van der Waals surface area contributed by atoms with Crippen molar-refractivity contribution in [2.75, 3.05) is 0 Å². The van der Waals surface area contributed by atoms with Crippen molar-refractivity contribution in [1.29, 1.82) is 0 Å². The van der Waals surface area contributed by atoms with Crippen molar-refractivity contribution in [3.63, 3.8) is 0 Å². The van der Waals surface area contributed by atoms with E-state index in [1.165, 1.54) is 0 Å². The van der Waals surface area contributed by atoms with E-state index < -0.39 is 5.97 Å². The number of hydrogen-bond donors (Lipinski definition) is 2. The van der Waals surface area contributed by atoms with E-state index in [4.69, 9.17) is 5.11 Å². The summed E-state index contributed by atoms with van der Waals surface area (Å²) in [6, 6.07) is 6.74. The number of hydrogen-bond acceptors (Lipinski definition) is 4. The fourth-order valence-corrected chi connectivity index (χ4v) is 2.87. The molecule has 96 valence electrons. The third-order valence-electron chi connectivity index (χ3n) is 2.91. The second-order valence-corrected chi connectivity index (χ2v) is 5.12. The number of carboxylic acids is 1. The van der Waals surface area contributed by atoms with Crippen molar-refractivity contribution in [3.05, 3.63) is 41.0 Å². The molecule has 0 aliphatic carbocycles. The Morgan fingerprint density at radius 2 is 2.00 bits per heavy atom. The number of thiazole rings is 1. The monoisotopic (exact) mass is 274 g/mol. The predicted octanol–water partition coefficient (Wildman–Crippen LogP) is 2.78. The summed E-state index contributed by atoms with van der Waals surface area (Å²) in [5.74, 6) is -0.728.